The molecular weight excluding hydrogens is 386 g/mol. The minimum absolute atomic E-state index is 0.0636. The van der Waals surface area contributed by atoms with Crippen molar-refractivity contribution >= 4 is 28.8 Å². The lowest BCUT2D eigenvalue weighted by Gasteiger charge is -2.15. The number of methoxy groups -OCH3 is 1. The van der Waals surface area contributed by atoms with E-state index in [1.165, 1.54) is 13.2 Å². The summed E-state index contributed by atoms with van der Waals surface area (Å²) in [5, 5.41) is 12.2. The van der Waals surface area contributed by atoms with E-state index in [1.807, 2.05) is 41.8 Å². The van der Waals surface area contributed by atoms with Crippen molar-refractivity contribution in [3.05, 3.63) is 75.0 Å². The van der Waals surface area contributed by atoms with Crippen LogP contribution in [0.5, 0.6) is 11.5 Å². The molecule has 0 saturated heterocycles. The summed E-state index contributed by atoms with van der Waals surface area (Å²) in [6, 6.07) is 13.2. The highest BCUT2D eigenvalue weighted by Gasteiger charge is 2.18. The van der Waals surface area contributed by atoms with Gasteiger partial charge in [-0.05, 0) is 60.5 Å². The number of hydrogen-bond donors (Lipinski definition) is 3. The number of primary amides is 1. The van der Waals surface area contributed by atoms with Crippen LogP contribution in [0.4, 0.5) is 5.69 Å². The molecule has 0 bridgehead atoms. The average molecular weight is 410 g/mol. The van der Waals surface area contributed by atoms with E-state index < -0.39 is 5.91 Å². The SMILES string of the molecule is COc1cc(C(N)=O)c(O)c(C)c1CCc1ccc(N=C(N)c2cccs2)cc1. The molecular formula is C22H23N3O3S. The van der Waals surface area contributed by atoms with Gasteiger partial charge >= 0.3 is 0 Å². The summed E-state index contributed by atoms with van der Waals surface area (Å²) in [6.45, 7) is 1.75. The van der Waals surface area contributed by atoms with Crippen molar-refractivity contribution in [1.29, 1.82) is 0 Å². The van der Waals surface area contributed by atoms with E-state index in [-0.39, 0.29) is 11.3 Å². The molecule has 0 atom stereocenters. The summed E-state index contributed by atoms with van der Waals surface area (Å²) < 4.78 is 5.41. The predicted molar refractivity (Wildman–Crippen MR) is 116 cm³/mol. The highest BCUT2D eigenvalue weighted by molar-refractivity contribution is 7.12. The molecule has 0 saturated carbocycles. The van der Waals surface area contributed by atoms with Crippen LogP contribution in [-0.4, -0.2) is 24.0 Å². The molecule has 1 amide bonds. The predicted octanol–water partition coefficient (Wildman–Crippen LogP) is 3.69. The normalized spacial score (nSPS) is 11.4. The van der Waals surface area contributed by atoms with Crippen molar-refractivity contribution in [3.63, 3.8) is 0 Å². The van der Waals surface area contributed by atoms with Crippen LogP contribution < -0.4 is 16.2 Å². The van der Waals surface area contributed by atoms with Crippen molar-refractivity contribution in [3.8, 4) is 11.5 Å². The Balaban J connectivity index is 1.76. The number of aliphatic imine (C=N–C) groups is 1. The molecule has 5 N–H and O–H groups in total. The third-order valence-electron chi connectivity index (χ3n) is 4.74. The lowest BCUT2D eigenvalue weighted by Crippen LogP contribution is -2.13. The number of aromatic hydroxyl groups is 1. The molecule has 3 rings (SSSR count). The second kappa shape index (κ2) is 8.79. The summed E-state index contributed by atoms with van der Waals surface area (Å²) >= 11 is 1.55. The summed E-state index contributed by atoms with van der Waals surface area (Å²) in [4.78, 5) is 16.9. The van der Waals surface area contributed by atoms with Gasteiger partial charge in [0.1, 0.15) is 17.3 Å². The number of nitrogens with zero attached hydrogens (tertiary/aromatic N) is 1. The largest absolute Gasteiger partial charge is 0.507 e. The number of benzene rings is 2. The standard InChI is InChI=1S/C22H23N3O3S/c1-13-16(18(28-2)12-17(20(13)26)22(24)27)10-7-14-5-8-15(9-6-14)25-21(23)19-4-3-11-29-19/h3-6,8-9,11-12,26H,7,10H2,1-2H3,(H2,23,25)(H2,24,27). The molecule has 0 unspecified atom stereocenters. The average Bonchev–Trinajstić information content (AvgIpc) is 3.25. The number of amides is 1. The van der Waals surface area contributed by atoms with E-state index in [0.29, 0.717) is 23.6 Å². The minimum atomic E-state index is -0.687. The topological polar surface area (TPSA) is 111 Å². The molecule has 7 heteroatoms. The molecule has 3 aromatic rings. The lowest BCUT2D eigenvalue weighted by atomic mass is 9.96. The first-order valence-electron chi connectivity index (χ1n) is 9.07. The van der Waals surface area contributed by atoms with E-state index in [9.17, 15) is 9.90 Å². The molecule has 0 aliphatic heterocycles. The summed E-state index contributed by atoms with van der Waals surface area (Å²) in [7, 11) is 1.53. The van der Waals surface area contributed by atoms with Gasteiger partial charge < -0.3 is 21.3 Å². The maximum Gasteiger partial charge on any atom is 0.252 e. The van der Waals surface area contributed by atoms with Gasteiger partial charge in [0.25, 0.3) is 5.91 Å². The molecule has 29 heavy (non-hydrogen) atoms. The molecule has 0 aliphatic rings. The van der Waals surface area contributed by atoms with Crippen molar-refractivity contribution in [2.45, 2.75) is 19.8 Å². The zero-order valence-electron chi connectivity index (χ0n) is 16.3. The second-order valence-corrected chi connectivity index (χ2v) is 7.53. The van der Waals surface area contributed by atoms with Crippen molar-refractivity contribution in [2.24, 2.45) is 16.5 Å². The van der Waals surface area contributed by atoms with E-state index in [1.54, 1.807) is 18.3 Å². The van der Waals surface area contributed by atoms with Gasteiger partial charge in [-0.2, -0.15) is 0 Å². The smallest absolute Gasteiger partial charge is 0.252 e. The van der Waals surface area contributed by atoms with Gasteiger partial charge in [0.05, 0.1) is 23.2 Å². The van der Waals surface area contributed by atoms with Crippen LogP contribution in [-0.2, 0) is 12.8 Å². The number of carbonyl (C=O) groups excluding carboxylic acids is 1. The van der Waals surface area contributed by atoms with Gasteiger partial charge in [0, 0.05) is 5.56 Å². The van der Waals surface area contributed by atoms with Gasteiger partial charge in [0.2, 0.25) is 0 Å². The summed E-state index contributed by atoms with van der Waals surface area (Å²) in [5.41, 5.74) is 14.8. The number of nitrogens with two attached hydrogens (primary N) is 2. The van der Waals surface area contributed by atoms with Crippen LogP contribution in [0, 0.1) is 6.92 Å². The molecule has 1 heterocycles. The second-order valence-electron chi connectivity index (χ2n) is 6.58. The Bertz CT molecular complexity index is 1040. The molecule has 0 radical (unpaired) electrons. The first-order chi connectivity index (χ1) is 13.9. The Hall–Kier alpha value is -3.32. The third-order valence-corrected chi connectivity index (χ3v) is 5.64. The molecule has 2 aromatic carbocycles. The van der Waals surface area contributed by atoms with Gasteiger partial charge in [-0.1, -0.05) is 18.2 Å². The Labute approximate surface area is 173 Å². The number of aryl methyl sites for hydroxylation is 1. The fraction of sp³-hybridized carbons (Fsp3) is 0.182. The van der Waals surface area contributed by atoms with Gasteiger partial charge in [0.15, 0.2) is 0 Å². The van der Waals surface area contributed by atoms with Crippen LogP contribution >= 0.6 is 11.3 Å². The van der Waals surface area contributed by atoms with Gasteiger partial charge in [-0.3, -0.25) is 4.79 Å². The molecule has 6 nitrogen and oxygen atoms in total. The van der Waals surface area contributed by atoms with Crippen LogP contribution in [0.2, 0.25) is 0 Å². The molecule has 1 aromatic heterocycles. The number of rotatable bonds is 7. The summed E-state index contributed by atoms with van der Waals surface area (Å²) in [5.74, 6) is 0.257. The fourth-order valence-corrected chi connectivity index (χ4v) is 3.75. The Morgan fingerprint density at radius 2 is 1.90 bits per heavy atom. The Morgan fingerprint density at radius 3 is 2.48 bits per heavy atom. The third kappa shape index (κ3) is 4.57. The summed E-state index contributed by atoms with van der Waals surface area (Å²) in [6.07, 6.45) is 1.37. The van der Waals surface area contributed by atoms with Crippen molar-refractivity contribution in [1.82, 2.24) is 0 Å². The number of thiophene rings is 1. The number of ether oxygens (including phenoxy) is 1. The lowest BCUT2D eigenvalue weighted by molar-refractivity contribution is 0.0997. The van der Waals surface area contributed by atoms with Crippen LogP contribution in [0.25, 0.3) is 0 Å². The molecule has 0 fully saturated rings. The zero-order chi connectivity index (χ0) is 21.0. The molecule has 0 spiro atoms. The minimum Gasteiger partial charge on any atom is -0.507 e. The first kappa shape index (κ1) is 20.4. The van der Waals surface area contributed by atoms with Gasteiger partial charge in [-0.15, -0.1) is 11.3 Å². The fourth-order valence-electron chi connectivity index (χ4n) is 3.12. The highest BCUT2D eigenvalue weighted by atomic mass is 32.1. The van der Waals surface area contributed by atoms with Gasteiger partial charge in [-0.25, -0.2) is 4.99 Å². The van der Waals surface area contributed by atoms with E-state index >= 15 is 0 Å². The Kier molecular flexibility index (Phi) is 6.19. The van der Waals surface area contributed by atoms with E-state index in [2.05, 4.69) is 4.99 Å². The number of hydrogen-bond acceptors (Lipinski definition) is 5. The van der Waals surface area contributed by atoms with Crippen molar-refractivity contribution < 1.29 is 14.6 Å². The number of amidine groups is 1. The quantitative estimate of drug-likeness (QED) is 0.408. The zero-order valence-corrected chi connectivity index (χ0v) is 17.1. The van der Waals surface area contributed by atoms with E-state index in [4.69, 9.17) is 16.2 Å². The highest BCUT2D eigenvalue weighted by Crippen LogP contribution is 2.34. The monoisotopic (exact) mass is 409 g/mol. The first-order valence-corrected chi connectivity index (χ1v) is 9.95. The maximum atomic E-state index is 11.5. The Morgan fingerprint density at radius 1 is 1.17 bits per heavy atom. The van der Waals surface area contributed by atoms with Crippen LogP contribution in [0.15, 0.2) is 52.8 Å². The van der Waals surface area contributed by atoms with Crippen LogP contribution in [0.3, 0.4) is 0 Å². The van der Waals surface area contributed by atoms with Crippen molar-refractivity contribution in [2.75, 3.05) is 7.11 Å². The number of carbonyl (C=O) groups is 1. The van der Waals surface area contributed by atoms with Crippen LogP contribution in [0.1, 0.15) is 31.9 Å². The number of phenols is 1. The molecule has 150 valence electrons. The maximum absolute atomic E-state index is 11.5. The van der Waals surface area contributed by atoms with E-state index in [0.717, 1.165) is 28.1 Å². The molecule has 0 aliphatic carbocycles.